The molecule has 0 aliphatic carbocycles. The predicted molar refractivity (Wildman–Crippen MR) is 63.0 cm³/mol. The monoisotopic (exact) mass is 247 g/mol. The second-order valence-corrected chi connectivity index (χ2v) is 4.13. The summed E-state index contributed by atoms with van der Waals surface area (Å²) < 4.78 is 0. The van der Waals surface area contributed by atoms with Crippen LogP contribution in [0.25, 0.3) is 10.9 Å². The van der Waals surface area contributed by atoms with E-state index in [4.69, 9.17) is 17.3 Å². The summed E-state index contributed by atoms with van der Waals surface area (Å²) >= 11 is 5.84. The highest BCUT2D eigenvalue weighted by molar-refractivity contribution is 6.31. The molecule has 0 atom stereocenters. The SMILES string of the molecule is Nc1c2c(nc3cc(Cl)ccc13)C(=O)NC2=O. The van der Waals surface area contributed by atoms with Crippen molar-refractivity contribution in [3.8, 4) is 0 Å². The number of imide groups is 1. The van der Waals surface area contributed by atoms with Crippen molar-refractivity contribution in [2.45, 2.75) is 0 Å². The smallest absolute Gasteiger partial charge is 0.277 e. The van der Waals surface area contributed by atoms with Gasteiger partial charge in [0.25, 0.3) is 11.8 Å². The lowest BCUT2D eigenvalue weighted by molar-refractivity contribution is 0.0878. The topological polar surface area (TPSA) is 85.1 Å². The van der Waals surface area contributed by atoms with E-state index in [2.05, 4.69) is 10.3 Å². The Morgan fingerprint density at radius 1 is 1.24 bits per heavy atom. The number of nitrogens with zero attached hydrogens (tertiary/aromatic N) is 1. The predicted octanol–water partition coefficient (Wildman–Crippen LogP) is 1.35. The number of aromatic nitrogens is 1. The molecule has 0 fully saturated rings. The number of carbonyl (C=O) groups excluding carboxylic acids is 2. The van der Waals surface area contributed by atoms with Crippen LogP contribution in [0, 0.1) is 0 Å². The third kappa shape index (κ3) is 1.29. The van der Waals surface area contributed by atoms with Crippen molar-refractivity contribution < 1.29 is 9.59 Å². The Bertz CT molecular complexity index is 697. The number of hydrogen-bond donors (Lipinski definition) is 2. The van der Waals surface area contributed by atoms with E-state index in [1.54, 1.807) is 18.2 Å². The van der Waals surface area contributed by atoms with Gasteiger partial charge in [0.15, 0.2) is 0 Å². The van der Waals surface area contributed by atoms with E-state index in [1.807, 2.05) is 0 Å². The van der Waals surface area contributed by atoms with Crippen molar-refractivity contribution in [2.75, 3.05) is 5.73 Å². The van der Waals surface area contributed by atoms with Crippen LogP contribution in [0.4, 0.5) is 5.69 Å². The molecule has 0 radical (unpaired) electrons. The third-order valence-corrected chi connectivity index (χ3v) is 2.89. The van der Waals surface area contributed by atoms with Gasteiger partial charge in [-0.05, 0) is 18.2 Å². The van der Waals surface area contributed by atoms with Gasteiger partial charge in [-0.15, -0.1) is 0 Å². The molecule has 0 bridgehead atoms. The van der Waals surface area contributed by atoms with E-state index in [9.17, 15) is 9.59 Å². The number of anilines is 1. The molecule has 1 aromatic heterocycles. The van der Waals surface area contributed by atoms with Crippen molar-refractivity contribution in [2.24, 2.45) is 0 Å². The number of benzene rings is 1. The van der Waals surface area contributed by atoms with Crippen LogP contribution in [0.15, 0.2) is 18.2 Å². The van der Waals surface area contributed by atoms with Gasteiger partial charge in [0.05, 0.1) is 16.8 Å². The zero-order valence-electron chi connectivity index (χ0n) is 8.45. The van der Waals surface area contributed by atoms with Gasteiger partial charge in [0.1, 0.15) is 5.69 Å². The molecule has 2 aromatic rings. The first-order chi connectivity index (χ1) is 8.08. The second-order valence-electron chi connectivity index (χ2n) is 3.69. The standard InChI is InChI=1S/C11H6ClN3O2/c12-4-1-2-5-6(3-4)14-9-7(8(5)13)10(16)15-11(9)17/h1-3H,(H2,13,14)(H,15,16,17). The Kier molecular flexibility index (Phi) is 1.88. The van der Waals surface area contributed by atoms with Crippen molar-refractivity contribution in [1.82, 2.24) is 10.3 Å². The number of hydrogen-bond acceptors (Lipinski definition) is 4. The van der Waals surface area contributed by atoms with E-state index in [0.717, 1.165) is 0 Å². The van der Waals surface area contributed by atoms with Crippen LogP contribution >= 0.6 is 11.6 Å². The highest BCUT2D eigenvalue weighted by atomic mass is 35.5. The normalized spacial score (nSPS) is 13.9. The number of nitrogens with two attached hydrogens (primary N) is 1. The van der Waals surface area contributed by atoms with Crippen LogP contribution in [0.3, 0.4) is 0 Å². The summed E-state index contributed by atoms with van der Waals surface area (Å²) in [6.45, 7) is 0. The largest absolute Gasteiger partial charge is 0.397 e. The highest BCUT2D eigenvalue weighted by Gasteiger charge is 2.31. The summed E-state index contributed by atoms with van der Waals surface area (Å²) in [6, 6.07) is 4.93. The van der Waals surface area contributed by atoms with Crippen LogP contribution in [0.1, 0.15) is 20.8 Å². The van der Waals surface area contributed by atoms with Gasteiger partial charge in [-0.3, -0.25) is 14.9 Å². The minimum Gasteiger partial charge on any atom is -0.397 e. The van der Waals surface area contributed by atoms with Crippen molar-refractivity contribution >= 4 is 40.0 Å². The lowest BCUT2D eigenvalue weighted by atomic mass is 10.1. The van der Waals surface area contributed by atoms with E-state index < -0.39 is 11.8 Å². The Labute approximate surface area is 101 Å². The van der Waals surface area contributed by atoms with Crippen LogP contribution in [0.2, 0.25) is 5.02 Å². The van der Waals surface area contributed by atoms with Crippen molar-refractivity contribution in [1.29, 1.82) is 0 Å². The number of fused-ring (bicyclic) bond motifs is 2. The average Bonchev–Trinajstić information content (AvgIpc) is 2.54. The summed E-state index contributed by atoms with van der Waals surface area (Å²) in [6.07, 6.45) is 0. The third-order valence-electron chi connectivity index (χ3n) is 2.66. The molecule has 1 aliphatic heterocycles. The molecule has 3 N–H and O–H groups in total. The Morgan fingerprint density at radius 2 is 2.00 bits per heavy atom. The zero-order chi connectivity index (χ0) is 12.2. The van der Waals surface area contributed by atoms with Crippen LogP contribution in [-0.2, 0) is 0 Å². The fourth-order valence-electron chi connectivity index (χ4n) is 1.88. The molecule has 2 heterocycles. The van der Waals surface area contributed by atoms with Crippen LogP contribution in [0.5, 0.6) is 0 Å². The quantitative estimate of drug-likeness (QED) is 0.688. The van der Waals surface area contributed by atoms with Gasteiger partial charge < -0.3 is 5.73 Å². The average molecular weight is 248 g/mol. The Hall–Kier alpha value is -2.14. The van der Waals surface area contributed by atoms with E-state index >= 15 is 0 Å². The van der Waals surface area contributed by atoms with Gasteiger partial charge in [0, 0.05) is 10.4 Å². The molecule has 2 amide bonds. The summed E-state index contributed by atoms with van der Waals surface area (Å²) in [5, 5.41) is 3.26. The molecule has 0 saturated carbocycles. The summed E-state index contributed by atoms with van der Waals surface area (Å²) in [4.78, 5) is 27.1. The maximum atomic E-state index is 11.5. The molecule has 5 nitrogen and oxygen atoms in total. The highest BCUT2D eigenvalue weighted by Crippen LogP contribution is 2.29. The van der Waals surface area contributed by atoms with Crippen LogP contribution in [-0.4, -0.2) is 16.8 Å². The number of nitrogen functional groups attached to an aromatic ring is 1. The molecule has 6 heteroatoms. The number of carbonyl (C=O) groups is 2. The maximum absolute atomic E-state index is 11.5. The fourth-order valence-corrected chi connectivity index (χ4v) is 2.05. The summed E-state index contributed by atoms with van der Waals surface area (Å²) in [5.74, 6) is -1.04. The molecule has 0 saturated heterocycles. The molecular weight excluding hydrogens is 242 g/mol. The molecule has 0 spiro atoms. The number of amides is 2. The van der Waals surface area contributed by atoms with Crippen molar-refractivity contribution in [3.05, 3.63) is 34.5 Å². The molecule has 1 aromatic carbocycles. The second kappa shape index (κ2) is 3.18. The number of halogens is 1. The molecule has 84 valence electrons. The lowest BCUT2D eigenvalue weighted by Gasteiger charge is -2.05. The summed E-state index contributed by atoms with van der Waals surface area (Å²) in [7, 11) is 0. The molecule has 3 rings (SSSR count). The molecule has 0 unspecified atom stereocenters. The fraction of sp³-hybridized carbons (Fsp3) is 0. The van der Waals surface area contributed by atoms with Crippen molar-refractivity contribution in [3.63, 3.8) is 0 Å². The lowest BCUT2D eigenvalue weighted by Crippen LogP contribution is -2.20. The van der Waals surface area contributed by atoms with E-state index in [1.165, 1.54) is 0 Å². The number of rotatable bonds is 0. The first-order valence-electron chi connectivity index (χ1n) is 4.82. The van der Waals surface area contributed by atoms with Gasteiger partial charge in [-0.2, -0.15) is 0 Å². The maximum Gasteiger partial charge on any atom is 0.277 e. The van der Waals surface area contributed by atoms with Gasteiger partial charge in [0.2, 0.25) is 0 Å². The van der Waals surface area contributed by atoms with Gasteiger partial charge >= 0.3 is 0 Å². The van der Waals surface area contributed by atoms with Gasteiger partial charge in [-0.1, -0.05) is 11.6 Å². The van der Waals surface area contributed by atoms with E-state index in [-0.39, 0.29) is 16.9 Å². The summed E-state index contributed by atoms with van der Waals surface area (Å²) in [5.41, 5.74) is 6.83. The molecular formula is C11H6ClN3O2. The molecule has 17 heavy (non-hydrogen) atoms. The van der Waals surface area contributed by atoms with E-state index in [0.29, 0.717) is 15.9 Å². The number of nitrogens with one attached hydrogen (secondary N) is 1. The Morgan fingerprint density at radius 3 is 2.76 bits per heavy atom. The number of pyridine rings is 1. The molecule has 1 aliphatic rings. The Balaban J connectivity index is 2.47. The van der Waals surface area contributed by atoms with Crippen LogP contribution < -0.4 is 11.1 Å². The van der Waals surface area contributed by atoms with Gasteiger partial charge in [-0.25, -0.2) is 4.98 Å². The first-order valence-corrected chi connectivity index (χ1v) is 5.20. The minimum absolute atomic E-state index is 0.0577. The zero-order valence-corrected chi connectivity index (χ0v) is 9.21. The first kappa shape index (κ1) is 10.0. The minimum atomic E-state index is -0.529.